The molecule has 0 aromatic heterocycles. The lowest BCUT2D eigenvalue weighted by atomic mass is 9.86. The summed E-state index contributed by atoms with van der Waals surface area (Å²) in [5, 5.41) is 5.24. The zero-order chi connectivity index (χ0) is 30.3. The molecule has 0 heterocycles. The number of carbonyl (C=O) groups is 2. The molecule has 0 fully saturated rings. The number of alkyl carbamates (subject to hydrolysis) is 1. The van der Waals surface area contributed by atoms with Crippen molar-refractivity contribution in [3.05, 3.63) is 42.5 Å². The Morgan fingerprint density at radius 2 is 1.26 bits per heavy atom. The van der Waals surface area contributed by atoms with Gasteiger partial charge in [0.2, 0.25) is 5.91 Å². The third-order valence-electron chi connectivity index (χ3n) is 5.21. The van der Waals surface area contributed by atoms with Crippen molar-refractivity contribution in [3.8, 4) is 11.5 Å². The Labute approximate surface area is 260 Å². The molecule has 2 aromatic rings. The maximum atomic E-state index is 12.1. The molecule has 0 spiro atoms. The second kappa shape index (κ2) is 14.1. The molecule has 0 unspecified atom stereocenters. The van der Waals surface area contributed by atoms with Crippen molar-refractivity contribution in [2.45, 2.75) is 78.7 Å². The molecule has 0 aliphatic heterocycles. The van der Waals surface area contributed by atoms with E-state index in [-0.39, 0.29) is 23.3 Å². The smallest absolute Gasteiger partial charge is 0.408 e. The highest BCUT2D eigenvalue weighted by atomic mass is 127. The Morgan fingerprint density at radius 3 is 1.69 bits per heavy atom. The first kappa shape index (κ1) is 35.1. The Morgan fingerprint density at radius 1 is 0.795 bits per heavy atom. The van der Waals surface area contributed by atoms with Crippen LogP contribution in [-0.2, 0) is 20.4 Å². The number of anilines is 2. The van der Waals surface area contributed by atoms with Crippen molar-refractivity contribution in [2.75, 3.05) is 31.8 Å². The summed E-state index contributed by atoms with van der Waals surface area (Å²) in [6.07, 6.45) is -0.623. The minimum absolute atomic E-state index is 0.0562. The number of benzene rings is 2. The number of hydrogen-bond acceptors (Lipinski definition) is 6. The van der Waals surface area contributed by atoms with Gasteiger partial charge in [0, 0.05) is 22.5 Å². The Hall–Kier alpha value is -1.96. The monoisotopic (exact) mass is 767 g/mol. The fraction of sp³-hybridized carbons (Fsp3) is 0.517. The zero-order valence-electron chi connectivity index (χ0n) is 24.9. The van der Waals surface area contributed by atoms with Crippen LogP contribution < -0.4 is 25.8 Å². The molecule has 0 bridgehead atoms. The minimum atomic E-state index is -0.623. The van der Waals surface area contributed by atoms with E-state index >= 15 is 0 Å². The van der Waals surface area contributed by atoms with Crippen LogP contribution in [0.2, 0.25) is 0 Å². The average molecular weight is 767 g/mol. The predicted molar refractivity (Wildman–Crippen MR) is 176 cm³/mol. The number of methoxy groups -OCH3 is 2. The van der Waals surface area contributed by atoms with Crippen LogP contribution in [0, 0.1) is 7.14 Å². The Balaban J connectivity index is 0.000000457. The molecule has 0 radical (unpaired) electrons. The van der Waals surface area contributed by atoms with Crippen LogP contribution in [0.1, 0.15) is 73.4 Å². The van der Waals surface area contributed by atoms with Gasteiger partial charge >= 0.3 is 6.09 Å². The van der Waals surface area contributed by atoms with Crippen molar-refractivity contribution in [1.29, 1.82) is 0 Å². The zero-order valence-corrected chi connectivity index (χ0v) is 29.2. The van der Waals surface area contributed by atoms with Gasteiger partial charge in [0.15, 0.2) is 0 Å². The molecular formula is C29H43I2N3O5. The fourth-order valence-corrected chi connectivity index (χ4v) is 5.20. The molecule has 0 aliphatic rings. The summed E-state index contributed by atoms with van der Waals surface area (Å²) in [5.74, 6) is 1.41. The van der Waals surface area contributed by atoms with Gasteiger partial charge in [-0.05, 0) is 101 Å². The lowest BCUT2D eigenvalue weighted by Crippen LogP contribution is -2.37. The predicted octanol–water partition coefficient (Wildman–Crippen LogP) is 7.24. The molecule has 8 nitrogen and oxygen atoms in total. The second-order valence-corrected chi connectivity index (χ2v) is 14.4. The van der Waals surface area contributed by atoms with E-state index in [9.17, 15) is 9.59 Å². The Bertz CT molecular complexity index is 1160. The van der Waals surface area contributed by atoms with Crippen molar-refractivity contribution in [3.63, 3.8) is 0 Å². The van der Waals surface area contributed by atoms with Gasteiger partial charge in [0.05, 0.1) is 21.4 Å². The van der Waals surface area contributed by atoms with Crippen LogP contribution in [0.4, 0.5) is 16.2 Å². The standard InChI is InChI=1S/C18H27IN2O4.C11H16INO/c1-17(2,3)12-8-11(9-13(19)15(12)24-7)21-14(22)10-20-16(23)25-18(4,5)6;1-11(2,3)8-5-7(13)6-9(12)10(8)14-4/h8-9H,10H2,1-7H3,(H,20,23)(H,21,22);5-6H,13H2,1-4H3. The molecule has 0 atom stereocenters. The average Bonchev–Trinajstić information content (AvgIpc) is 2.75. The largest absolute Gasteiger partial charge is 0.495 e. The van der Waals surface area contributed by atoms with Crippen molar-refractivity contribution >= 4 is 68.6 Å². The Kier molecular flexibility index (Phi) is 12.7. The maximum absolute atomic E-state index is 12.1. The number of carbonyl (C=O) groups excluding carboxylic acids is 2. The van der Waals surface area contributed by atoms with Gasteiger partial charge in [0.1, 0.15) is 23.6 Å². The summed E-state index contributed by atoms with van der Waals surface area (Å²) in [5.41, 5.74) is 8.74. The normalized spacial score (nSPS) is 11.6. The first-order valence-electron chi connectivity index (χ1n) is 12.5. The number of rotatable bonds is 5. The van der Waals surface area contributed by atoms with Gasteiger partial charge in [-0.3, -0.25) is 4.79 Å². The molecule has 10 heteroatoms. The highest BCUT2D eigenvalue weighted by molar-refractivity contribution is 14.1. The second-order valence-electron chi connectivity index (χ2n) is 12.0. The van der Waals surface area contributed by atoms with Crippen LogP contribution in [0.5, 0.6) is 11.5 Å². The van der Waals surface area contributed by atoms with E-state index in [0.29, 0.717) is 5.69 Å². The molecule has 39 heavy (non-hydrogen) atoms. The number of halogens is 2. The van der Waals surface area contributed by atoms with Gasteiger partial charge in [-0.1, -0.05) is 41.5 Å². The van der Waals surface area contributed by atoms with E-state index in [0.717, 1.165) is 35.5 Å². The van der Waals surface area contributed by atoms with Crippen LogP contribution in [0.15, 0.2) is 24.3 Å². The van der Waals surface area contributed by atoms with E-state index in [1.807, 2.05) is 24.3 Å². The summed E-state index contributed by atoms with van der Waals surface area (Å²) in [7, 11) is 3.33. The summed E-state index contributed by atoms with van der Waals surface area (Å²) in [6.45, 7) is 17.8. The molecule has 2 aromatic carbocycles. The van der Waals surface area contributed by atoms with Crippen LogP contribution in [0.25, 0.3) is 0 Å². The highest BCUT2D eigenvalue weighted by Gasteiger charge is 2.23. The number of nitrogens with one attached hydrogen (secondary N) is 2. The molecule has 2 rings (SSSR count). The topological polar surface area (TPSA) is 112 Å². The quantitative estimate of drug-likeness (QED) is 0.219. The van der Waals surface area contributed by atoms with E-state index in [1.54, 1.807) is 35.0 Å². The molecule has 0 saturated heterocycles. The number of nitrogens with two attached hydrogens (primary N) is 1. The molecular weight excluding hydrogens is 724 g/mol. The van der Waals surface area contributed by atoms with Gasteiger partial charge in [-0.2, -0.15) is 0 Å². The third-order valence-corrected chi connectivity index (χ3v) is 6.81. The molecule has 4 N–H and O–H groups in total. The molecule has 2 amide bonds. The maximum Gasteiger partial charge on any atom is 0.408 e. The number of hydrogen-bond donors (Lipinski definition) is 3. The van der Waals surface area contributed by atoms with E-state index in [1.165, 1.54) is 0 Å². The summed E-state index contributed by atoms with van der Waals surface area (Å²) in [6, 6.07) is 7.64. The van der Waals surface area contributed by atoms with Gasteiger partial charge < -0.3 is 30.6 Å². The summed E-state index contributed by atoms with van der Waals surface area (Å²) < 4.78 is 18.0. The summed E-state index contributed by atoms with van der Waals surface area (Å²) in [4.78, 5) is 23.7. The molecule has 218 valence electrons. The third kappa shape index (κ3) is 11.6. The van der Waals surface area contributed by atoms with E-state index in [2.05, 4.69) is 97.4 Å². The number of nitrogen functional groups attached to an aromatic ring is 1. The van der Waals surface area contributed by atoms with Gasteiger partial charge in [0.25, 0.3) is 0 Å². The minimum Gasteiger partial charge on any atom is -0.495 e. The fourth-order valence-electron chi connectivity index (χ4n) is 3.48. The number of ether oxygens (including phenoxy) is 3. The first-order chi connectivity index (χ1) is 17.7. The van der Waals surface area contributed by atoms with E-state index < -0.39 is 11.7 Å². The van der Waals surface area contributed by atoms with Crippen molar-refractivity contribution in [2.24, 2.45) is 0 Å². The van der Waals surface area contributed by atoms with E-state index in [4.69, 9.17) is 19.9 Å². The lowest BCUT2D eigenvalue weighted by molar-refractivity contribution is -0.115. The number of amides is 2. The van der Waals surface area contributed by atoms with Crippen molar-refractivity contribution in [1.82, 2.24) is 5.32 Å². The SMILES string of the molecule is COc1c(I)cc(N)cc1C(C)(C)C.COc1c(I)cc(NC(=O)CNC(=O)OC(C)(C)C)cc1C(C)(C)C. The lowest BCUT2D eigenvalue weighted by Gasteiger charge is -2.24. The molecule has 0 aliphatic carbocycles. The van der Waals surface area contributed by atoms with Crippen LogP contribution >= 0.6 is 45.2 Å². The van der Waals surface area contributed by atoms with Crippen LogP contribution in [-0.4, -0.2) is 38.4 Å². The van der Waals surface area contributed by atoms with Crippen molar-refractivity contribution < 1.29 is 23.8 Å². The highest BCUT2D eigenvalue weighted by Crippen LogP contribution is 2.38. The first-order valence-corrected chi connectivity index (χ1v) is 14.6. The van der Waals surface area contributed by atoms with Gasteiger partial charge in [-0.15, -0.1) is 0 Å². The van der Waals surface area contributed by atoms with Gasteiger partial charge in [-0.25, -0.2) is 4.79 Å². The van der Waals surface area contributed by atoms with Crippen LogP contribution in [0.3, 0.4) is 0 Å². The summed E-state index contributed by atoms with van der Waals surface area (Å²) >= 11 is 4.43. The molecule has 0 saturated carbocycles.